The molecule has 0 spiro atoms. The number of halogens is 1. The molecule has 1 amide bonds. The molecule has 0 aliphatic heterocycles. The standard InChI is InChI=1S/C17H18ClNO3/c1-3-22-16-9-8-12(10-13(16)11-21-2)17(20)19-15-7-5-4-6-14(15)18/h4-10H,3,11H2,1-2H3,(H,19,20). The summed E-state index contributed by atoms with van der Waals surface area (Å²) >= 11 is 6.05. The molecule has 1 N–H and O–H groups in total. The first-order valence-electron chi connectivity index (χ1n) is 6.96. The van der Waals surface area contributed by atoms with Crippen LogP contribution in [0.3, 0.4) is 0 Å². The van der Waals surface area contributed by atoms with E-state index in [4.69, 9.17) is 21.1 Å². The Balaban J connectivity index is 2.22. The van der Waals surface area contributed by atoms with Crippen LogP contribution in [0.25, 0.3) is 0 Å². The largest absolute Gasteiger partial charge is 0.494 e. The first kappa shape index (κ1) is 16.3. The van der Waals surface area contributed by atoms with Gasteiger partial charge in [-0.25, -0.2) is 0 Å². The lowest BCUT2D eigenvalue weighted by atomic mass is 10.1. The van der Waals surface area contributed by atoms with Gasteiger partial charge in [0.05, 0.1) is 23.9 Å². The number of benzene rings is 2. The highest BCUT2D eigenvalue weighted by Crippen LogP contribution is 2.24. The van der Waals surface area contributed by atoms with Crippen LogP contribution < -0.4 is 10.1 Å². The molecule has 0 unspecified atom stereocenters. The molecule has 0 bridgehead atoms. The van der Waals surface area contributed by atoms with Gasteiger partial charge in [-0.2, -0.15) is 0 Å². The molecule has 0 fully saturated rings. The van der Waals surface area contributed by atoms with Crippen LogP contribution in [-0.4, -0.2) is 19.6 Å². The minimum atomic E-state index is -0.228. The normalized spacial score (nSPS) is 10.3. The van der Waals surface area contributed by atoms with Crippen LogP contribution in [0.15, 0.2) is 42.5 Å². The van der Waals surface area contributed by atoms with E-state index in [-0.39, 0.29) is 5.91 Å². The van der Waals surface area contributed by atoms with Crippen molar-refractivity contribution in [3.05, 3.63) is 58.6 Å². The topological polar surface area (TPSA) is 47.6 Å². The van der Waals surface area contributed by atoms with E-state index in [1.54, 1.807) is 37.4 Å². The lowest BCUT2D eigenvalue weighted by molar-refractivity contribution is 0.102. The Morgan fingerprint density at radius 3 is 2.68 bits per heavy atom. The van der Waals surface area contributed by atoms with Gasteiger partial charge in [0, 0.05) is 18.2 Å². The summed E-state index contributed by atoms with van der Waals surface area (Å²) in [6, 6.07) is 12.4. The number of para-hydroxylation sites is 1. The number of carbonyl (C=O) groups is 1. The van der Waals surface area contributed by atoms with E-state index in [0.29, 0.717) is 29.5 Å². The highest BCUT2D eigenvalue weighted by atomic mass is 35.5. The molecule has 0 heterocycles. The molecule has 0 aliphatic rings. The number of hydrogen-bond donors (Lipinski definition) is 1. The van der Waals surface area contributed by atoms with Crippen LogP contribution in [0.4, 0.5) is 5.69 Å². The second kappa shape index (κ2) is 7.82. The monoisotopic (exact) mass is 319 g/mol. The SMILES string of the molecule is CCOc1ccc(C(=O)Nc2ccccc2Cl)cc1COC. The summed E-state index contributed by atoms with van der Waals surface area (Å²) in [5, 5.41) is 3.29. The molecule has 22 heavy (non-hydrogen) atoms. The second-order valence-electron chi connectivity index (χ2n) is 4.62. The highest BCUT2D eigenvalue weighted by molar-refractivity contribution is 6.33. The van der Waals surface area contributed by atoms with E-state index in [1.807, 2.05) is 19.1 Å². The third-order valence-electron chi connectivity index (χ3n) is 3.04. The van der Waals surface area contributed by atoms with Gasteiger partial charge in [0.25, 0.3) is 5.91 Å². The van der Waals surface area contributed by atoms with Crippen molar-refractivity contribution in [1.29, 1.82) is 0 Å². The minimum absolute atomic E-state index is 0.228. The molecule has 0 radical (unpaired) electrons. The summed E-state index contributed by atoms with van der Waals surface area (Å²) in [5.74, 6) is 0.493. The molecule has 0 aliphatic carbocycles. The number of hydrogen-bond acceptors (Lipinski definition) is 3. The van der Waals surface area contributed by atoms with Crippen molar-refractivity contribution in [2.24, 2.45) is 0 Å². The Hall–Kier alpha value is -2.04. The van der Waals surface area contributed by atoms with Crippen LogP contribution in [0.2, 0.25) is 5.02 Å². The maximum Gasteiger partial charge on any atom is 0.255 e. The Labute approximate surface area is 135 Å². The van der Waals surface area contributed by atoms with Gasteiger partial charge >= 0.3 is 0 Å². The van der Waals surface area contributed by atoms with Crippen molar-refractivity contribution in [1.82, 2.24) is 0 Å². The van der Waals surface area contributed by atoms with E-state index in [2.05, 4.69) is 5.32 Å². The van der Waals surface area contributed by atoms with E-state index in [9.17, 15) is 4.79 Å². The van der Waals surface area contributed by atoms with Gasteiger partial charge in [0.2, 0.25) is 0 Å². The van der Waals surface area contributed by atoms with Crippen LogP contribution in [-0.2, 0) is 11.3 Å². The fourth-order valence-electron chi connectivity index (χ4n) is 2.04. The molecule has 5 heteroatoms. The smallest absolute Gasteiger partial charge is 0.255 e. The Morgan fingerprint density at radius 1 is 1.23 bits per heavy atom. The van der Waals surface area contributed by atoms with Crippen molar-refractivity contribution >= 4 is 23.2 Å². The van der Waals surface area contributed by atoms with Gasteiger partial charge in [0.15, 0.2) is 0 Å². The predicted molar refractivity (Wildman–Crippen MR) is 87.7 cm³/mol. The van der Waals surface area contributed by atoms with E-state index in [1.165, 1.54) is 0 Å². The lowest BCUT2D eigenvalue weighted by Gasteiger charge is -2.12. The zero-order chi connectivity index (χ0) is 15.9. The lowest BCUT2D eigenvalue weighted by Crippen LogP contribution is -2.13. The molecular formula is C17H18ClNO3. The molecule has 2 aromatic carbocycles. The molecule has 2 rings (SSSR count). The van der Waals surface area contributed by atoms with Gasteiger partial charge in [-0.05, 0) is 37.3 Å². The summed E-state index contributed by atoms with van der Waals surface area (Å²) in [6.45, 7) is 2.85. The number of anilines is 1. The van der Waals surface area contributed by atoms with Crippen molar-refractivity contribution in [2.75, 3.05) is 19.0 Å². The molecular weight excluding hydrogens is 302 g/mol. The summed E-state index contributed by atoms with van der Waals surface area (Å²) in [6.07, 6.45) is 0. The van der Waals surface area contributed by atoms with Crippen molar-refractivity contribution in [3.8, 4) is 5.75 Å². The molecule has 0 saturated heterocycles. The Morgan fingerprint density at radius 2 is 2.00 bits per heavy atom. The van der Waals surface area contributed by atoms with Crippen molar-refractivity contribution < 1.29 is 14.3 Å². The zero-order valence-corrected chi connectivity index (χ0v) is 13.3. The molecule has 0 saturated carbocycles. The van der Waals surface area contributed by atoms with Gasteiger partial charge in [-0.1, -0.05) is 23.7 Å². The van der Waals surface area contributed by atoms with Gasteiger partial charge in [0.1, 0.15) is 5.75 Å². The van der Waals surface area contributed by atoms with Crippen LogP contribution >= 0.6 is 11.6 Å². The summed E-state index contributed by atoms with van der Waals surface area (Å²) < 4.78 is 10.7. The number of ether oxygens (including phenoxy) is 2. The third-order valence-corrected chi connectivity index (χ3v) is 3.37. The van der Waals surface area contributed by atoms with Crippen molar-refractivity contribution in [3.63, 3.8) is 0 Å². The van der Waals surface area contributed by atoms with Crippen LogP contribution in [0.5, 0.6) is 5.75 Å². The molecule has 2 aromatic rings. The average molecular weight is 320 g/mol. The Bertz CT molecular complexity index is 658. The minimum Gasteiger partial charge on any atom is -0.494 e. The molecule has 0 atom stereocenters. The zero-order valence-electron chi connectivity index (χ0n) is 12.6. The second-order valence-corrected chi connectivity index (χ2v) is 5.03. The predicted octanol–water partition coefficient (Wildman–Crippen LogP) is 4.14. The average Bonchev–Trinajstić information content (AvgIpc) is 2.51. The molecule has 116 valence electrons. The first-order chi connectivity index (χ1) is 10.7. The third kappa shape index (κ3) is 4.00. The summed E-state index contributed by atoms with van der Waals surface area (Å²) in [4.78, 5) is 12.3. The Kier molecular flexibility index (Phi) is 5.81. The van der Waals surface area contributed by atoms with Gasteiger partial charge in [-0.3, -0.25) is 4.79 Å². The van der Waals surface area contributed by atoms with Crippen LogP contribution in [0.1, 0.15) is 22.8 Å². The summed E-state index contributed by atoms with van der Waals surface area (Å²) in [5.41, 5.74) is 1.93. The van der Waals surface area contributed by atoms with E-state index < -0.39 is 0 Å². The number of rotatable bonds is 6. The maximum absolute atomic E-state index is 12.3. The van der Waals surface area contributed by atoms with Crippen molar-refractivity contribution in [2.45, 2.75) is 13.5 Å². The van der Waals surface area contributed by atoms with Gasteiger partial charge in [-0.15, -0.1) is 0 Å². The number of methoxy groups -OCH3 is 1. The maximum atomic E-state index is 12.3. The quantitative estimate of drug-likeness (QED) is 0.870. The van der Waals surface area contributed by atoms with Gasteiger partial charge < -0.3 is 14.8 Å². The first-order valence-corrected chi connectivity index (χ1v) is 7.34. The van der Waals surface area contributed by atoms with E-state index >= 15 is 0 Å². The number of carbonyl (C=O) groups excluding carboxylic acids is 1. The fraction of sp³-hybridized carbons (Fsp3) is 0.235. The molecule has 0 aromatic heterocycles. The van der Waals surface area contributed by atoms with Crippen LogP contribution in [0, 0.1) is 0 Å². The fourth-order valence-corrected chi connectivity index (χ4v) is 2.23. The van der Waals surface area contributed by atoms with E-state index in [0.717, 1.165) is 11.3 Å². The summed E-state index contributed by atoms with van der Waals surface area (Å²) in [7, 11) is 1.60. The highest BCUT2D eigenvalue weighted by Gasteiger charge is 2.12. The molecule has 4 nitrogen and oxygen atoms in total. The number of nitrogens with one attached hydrogen (secondary N) is 1. The number of amides is 1.